The molecule has 1 fully saturated rings. The molecule has 3 N–H and O–H groups in total. The summed E-state index contributed by atoms with van der Waals surface area (Å²) < 4.78 is 0. The Morgan fingerprint density at radius 1 is 1.58 bits per heavy atom. The van der Waals surface area contributed by atoms with Crippen molar-refractivity contribution in [1.82, 2.24) is 4.90 Å². The topological polar surface area (TPSA) is 58.4 Å². The van der Waals surface area contributed by atoms with Gasteiger partial charge in [-0.3, -0.25) is 9.69 Å². The normalized spacial score (nSPS) is 19.0. The molecule has 1 amide bonds. The molecule has 1 atom stereocenters. The lowest BCUT2D eigenvalue weighted by molar-refractivity contribution is -0.117. The number of likely N-dealkylation sites (tertiary alicyclic amines) is 1. The van der Waals surface area contributed by atoms with Crippen LogP contribution in [0.4, 0.5) is 5.69 Å². The minimum Gasteiger partial charge on any atom is -0.326 e. The predicted molar refractivity (Wildman–Crippen MR) is 81.1 cm³/mol. The van der Waals surface area contributed by atoms with Crippen LogP contribution in [0.5, 0.6) is 0 Å². The lowest BCUT2D eigenvalue weighted by Gasteiger charge is -2.15. The summed E-state index contributed by atoms with van der Waals surface area (Å²) in [7, 11) is 0. The van der Waals surface area contributed by atoms with Crippen molar-refractivity contribution in [1.29, 1.82) is 0 Å². The van der Waals surface area contributed by atoms with E-state index in [1.165, 1.54) is 0 Å². The molecule has 0 saturated carbocycles. The number of carbonyl (C=O) groups excluding carboxylic acids is 1. The van der Waals surface area contributed by atoms with E-state index in [9.17, 15) is 4.79 Å². The highest BCUT2D eigenvalue weighted by Crippen LogP contribution is 2.20. The van der Waals surface area contributed by atoms with Gasteiger partial charge >= 0.3 is 0 Å². The first-order valence-electron chi connectivity index (χ1n) is 6.08. The summed E-state index contributed by atoms with van der Waals surface area (Å²) in [4.78, 5) is 14.0. The van der Waals surface area contributed by atoms with Crippen molar-refractivity contribution in [3.8, 4) is 0 Å². The molecule has 0 spiro atoms. The number of benzene rings is 1. The van der Waals surface area contributed by atoms with E-state index in [0.717, 1.165) is 30.8 Å². The van der Waals surface area contributed by atoms with Gasteiger partial charge in [0.1, 0.15) is 0 Å². The van der Waals surface area contributed by atoms with Gasteiger partial charge in [0.25, 0.3) is 0 Å². The number of anilines is 1. The SMILES string of the molecule is Cc1ccc(Cl)cc1NC(=O)CN1CCC(N)C1.Cl. The number of nitrogens with zero attached hydrogens (tertiary/aromatic N) is 1. The van der Waals surface area contributed by atoms with E-state index >= 15 is 0 Å². The van der Waals surface area contributed by atoms with Crippen LogP contribution in [0.1, 0.15) is 12.0 Å². The lowest BCUT2D eigenvalue weighted by atomic mass is 10.2. The molecule has 4 nitrogen and oxygen atoms in total. The number of amides is 1. The maximum absolute atomic E-state index is 11.9. The first-order valence-corrected chi connectivity index (χ1v) is 6.46. The Morgan fingerprint density at radius 3 is 2.95 bits per heavy atom. The van der Waals surface area contributed by atoms with Crippen molar-refractivity contribution in [2.75, 3.05) is 25.0 Å². The lowest BCUT2D eigenvalue weighted by Crippen LogP contribution is -2.33. The van der Waals surface area contributed by atoms with E-state index in [0.29, 0.717) is 11.6 Å². The summed E-state index contributed by atoms with van der Waals surface area (Å²) in [5.41, 5.74) is 7.59. The standard InChI is InChI=1S/C13H18ClN3O.ClH/c1-9-2-3-10(14)6-12(9)16-13(18)8-17-5-4-11(15)7-17;/h2-3,6,11H,4-5,7-8,15H2,1H3,(H,16,18);1H. The van der Waals surface area contributed by atoms with Crippen LogP contribution < -0.4 is 11.1 Å². The fourth-order valence-corrected chi connectivity index (χ4v) is 2.30. The minimum absolute atomic E-state index is 0. The number of nitrogens with one attached hydrogen (secondary N) is 1. The van der Waals surface area contributed by atoms with Crippen molar-refractivity contribution in [3.05, 3.63) is 28.8 Å². The molecule has 1 aromatic carbocycles. The minimum atomic E-state index is -0.0190. The van der Waals surface area contributed by atoms with Crippen molar-refractivity contribution in [2.24, 2.45) is 5.73 Å². The van der Waals surface area contributed by atoms with Gasteiger partial charge in [0, 0.05) is 29.8 Å². The van der Waals surface area contributed by atoms with Crippen LogP contribution in [-0.2, 0) is 4.79 Å². The van der Waals surface area contributed by atoms with Crippen molar-refractivity contribution >= 4 is 35.6 Å². The maximum atomic E-state index is 11.9. The zero-order chi connectivity index (χ0) is 13.1. The van der Waals surface area contributed by atoms with Crippen LogP contribution >= 0.6 is 24.0 Å². The molecule has 0 radical (unpaired) electrons. The Balaban J connectivity index is 0.00000180. The van der Waals surface area contributed by atoms with Gasteiger partial charge in [-0.15, -0.1) is 12.4 Å². The Hall–Kier alpha value is -0.810. The van der Waals surface area contributed by atoms with Gasteiger partial charge < -0.3 is 11.1 Å². The Bertz CT molecular complexity index is 454. The summed E-state index contributed by atoms with van der Waals surface area (Å²) in [6.07, 6.45) is 0.962. The zero-order valence-corrected chi connectivity index (χ0v) is 12.4. The molecule has 1 aliphatic rings. The zero-order valence-electron chi connectivity index (χ0n) is 10.9. The number of hydrogen-bond donors (Lipinski definition) is 2. The van der Waals surface area contributed by atoms with E-state index in [-0.39, 0.29) is 24.4 Å². The monoisotopic (exact) mass is 303 g/mol. The van der Waals surface area contributed by atoms with E-state index in [1.807, 2.05) is 19.1 Å². The third kappa shape index (κ3) is 4.66. The molecule has 0 aromatic heterocycles. The maximum Gasteiger partial charge on any atom is 0.238 e. The summed E-state index contributed by atoms with van der Waals surface area (Å²) in [5, 5.41) is 3.51. The van der Waals surface area contributed by atoms with Crippen molar-refractivity contribution in [3.63, 3.8) is 0 Å². The largest absolute Gasteiger partial charge is 0.326 e. The van der Waals surface area contributed by atoms with Crippen molar-refractivity contribution in [2.45, 2.75) is 19.4 Å². The van der Waals surface area contributed by atoms with Crippen LogP contribution in [0.3, 0.4) is 0 Å². The molecule has 1 heterocycles. The molecule has 1 unspecified atom stereocenters. The molecule has 2 rings (SSSR count). The summed E-state index contributed by atoms with van der Waals surface area (Å²) in [6.45, 7) is 4.02. The Kier molecular flexibility index (Phi) is 6.07. The van der Waals surface area contributed by atoms with Gasteiger partial charge in [-0.1, -0.05) is 17.7 Å². The van der Waals surface area contributed by atoms with Crippen LogP contribution in [0, 0.1) is 6.92 Å². The number of hydrogen-bond acceptors (Lipinski definition) is 3. The second-order valence-electron chi connectivity index (χ2n) is 4.79. The number of halogens is 2. The Morgan fingerprint density at radius 2 is 2.32 bits per heavy atom. The molecule has 106 valence electrons. The van der Waals surface area contributed by atoms with Crippen molar-refractivity contribution < 1.29 is 4.79 Å². The van der Waals surface area contributed by atoms with Crippen LogP contribution in [0.25, 0.3) is 0 Å². The highest BCUT2D eigenvalue weighted by molar-refractivity contribution is 6.31. The van der Waals surface area contributed by atoms with Gasteiger partial charge in [-0.2, -0.15) is 0 Å². The molecule has 6 heteroatoms. The first kappa shape index (κ1) is 16.2. The number of rotatable bonds is 3. The molecular formula is C13H19Cl2N3O. The van der Waals surface area contributed by atoms with Gasteiger partial charge in [0.05, 0.1) is 6.54 Å². The van der Waals surface area contributed by atoms with E-state index in [1.54, 1.807) is 6.07 Å². The summed E-state index contributed by atoms with van der Waals surface area (Å²) in [6, 6.07) is 5.67. The number of aryl methyl sites for hydroxylation is 1. The molecule has 19 heavy (non-hydrogen) atoms. The van der Waals surface area contributed by atoms with Gasteiger partial charge in [-0.25, -0.2) is 0 Å². The predicted octanol–water partition coefficient (Wildman–Crippen LogP) is 2.04. The van der Waals surface area contributed by atoms with Gasteiger partial charge in [0.2, 0.25) is 5.91 Å². The molecule has 0 bridgehead atoms. The van der Waals surface area contributed by atoms with Crippen LogP contribution in [0.15, 0.2) is 18.2 Å². The fourth-order valence-electron chi connectivity index (χ4n) is 2.13. The summed E-state index contributed by atoms with van der Waals surface area (Å²) >= 11 is 5.91. The average molecular weight is 304 g/mol. The number of carbonyl (C=O) groups is 1. The first-order chi connectivity index (χ1) is 8.54. The second-order valence-corrected chi connectivity index (χ2v) is 5.23. The number of nitrogens with two attached hydrogens (primary N) is 1. The smallest absolute Gasteiger partial charge is 0.238 e. The third-order valence-electron chi connectivity index (χ3n) is 3.15. The summed E-state index contributed by atoms with van der Waals surface area (Å²) in [5.74, 6) is -0.0190. The average Bonchev–Trinajstić information content (AvgIpc) is 2.69. The van der Waals surface area contributed by atoms with Gasteiger partial charge in [0.15, 0.2) is 0 Å². The van der Waals surface area contributed by atoms with E-state index in [4.69, 9.17) is 17.3 Å². The molecule has 1 saturated heterocycles. The molecule has 0 aliphatic carbocycles. The third-order valence-corrected chi connectivity index (χ3v) is 3.38. The highest BCUT2D eigenvalue weighted by Gasteiger charge is 2.21. The van der Waals surface area contributed by atoms with E-state index < -0.39 is 0 Å². The van der Waals surface area contributed by atoms with Gasteiger partial charge in [-0.05, 0) is 31.0 Å². The van der Waals surface area contributed by atoms with Crippen LogP contribution in [-0.4, -0.2) is 36.5 Å². The molecule has 1 aliphatic heterocycles. The quantitative estimate of drug-likeness (QED) is 0.898. The molecular weight excluding hydrogens is 285 g/mol. The van der Waals surface area contributed by atoms with Crippen LogP contribution in [0.2, 0.25) is 5.02 Å². The Labute approximate surface area is 124 Å². The second kappa shape index (κ2) is 7.10. The highest BCUT2D eigenvalue weighted by atomic mass is 35.5. The molecule has 1 aromatic rings. The van der Waals surface area contributed by atoms with E-state index in [2.05, 4.69) is 10.2 Å². The fraction of sp³-hybridized carbons (Fsp3) is 0.462.